The molecule has 0 aliphatic rings. The molecule has 4 heteroatoms. The number of aliphatic carboxylic acids is 1. The summed E-state index contributed by atoms with van der Waals surface area (Å²) in [6.45, 7) is 0. The highest BCUT2D eigenvalue weighted by molar-refractivity contribution is 5.94. The van der Waals surface area contributed by atoms with E-state index in [-0.39, 0.29) is 18.6 Å². The summed E-state index contributed by atoms with van der Waals surface area (Å²) < 4.78 is 0. The van der Waals surface area contributed by atoms with Gasteiger partial charge < -0.3 is 5.11 Å². The number of allylic oxidation sites excluding steroid dienone is 1. The zero-order chi connectivity index (χ0) is 11.1. The van der Waals surface area contributed by atoms with E-state index in [9.17, 15) is 9.59 Å². The number of nitrogens with zero attached hydrogens (tertiary/aromatic N) is 1. The Balaban J connectivity index is 2.44. The number of aromatic nitrogens is 1. The zero-order valence-electron chi connectivity index (χ0n) is 8.09. The number of carboxylic acids is 1. The van der Waals surface area contributed by atoms with Crippen LogP contribution in [0.5, 0.6) is 0 Å². The summed E-state index contributed by atoms with van der Waals surface area (Å²) in [4.78, 5) is 25.2. The third-order valence-corrected chi connectivity index (χ3v) is 1.73. The molecule has 0 aliphatic carbocycles. The molecular formula is C11H11NO3. The first-order valence-corrected chi connectivity index (χ1v) is 4.51. The predicted octanol–water partition coefficient (Wildman–Crippen LogP) is 1.53. The SMILES string of the molecule is O=C(O)CCC(=O)/C=C/c1cccnc1. The fourth-order valence-corrected chi connectivity index (χ4v) is 0.977. The van der Waals surface area contributed by atoms with E-state index in [2.05, 4.69) is 4.98 Å². The van der Waals surface area contributed by atoms with Gasteiger partial charge in [-0.3, -0.25) is 14.6 Å². The highest BCUT2D eigenvalue weighted by Crippen LogP contribution is 2.00. The summed E-state index contributed by atoms with van der Waals surface area (Å²) in [5.41, 5.74) is 0.821. The van der Waals surface area contributed by atoms with Gasteiger partial charge in [0.15, 0.2) is 5.78 Å². The molecule has 0 atom stereocenters. The molecule has 1 heterocycles. The minimum atomic E-state index is -0.960. The van der Waals surface area contributed by atoms with Gasteiger partial charge in [-0.25, -0.2) is 0 Å². The van der Waals surface area contributed by atoms with E-state index in [0.29, 0.717) is 0 Å². The number of hydrogen-bond donors (Lipinski definition) is 1. The van der Waals surface area contributed by atoms with Crippen molar-refractivity contribution < 1.29 is 14.7 Å². The summed E-state index contributed by atoms with van der Waals surface area (Å²) in [6, 6.07) is 3.58. The molecule has 0 aliphatic heterocycles. The molecule has 0 aromatic carbocycles. The lowest BCUT2D eigenvalue weighted by Gasteiger charge is -1.92. The van der Waals surface area contributed by atoms with Gasteiger partial charge in [0.05, 0.1) is 6.42 Å². The topological polar surface area (TPSA) is 67.3 Å². The Bertz CT molecular complexity index is 371. The van der Waals surface area contributed by atoms with E-state index in [1.807, 2.05) is 6.07 Å². The standard InChI is InChI=1S/C11H11NO3/c13-10(5-6-11(14)15)4-3-9-2-1-7-12-8-9/h1-4,7-8H,5-6H2,(H,14,15)/b4-3+. The molecule has 0 spiro atoms. The van der Waals surface area contributed by atoms with Gasteiger partial charge in [-0.15, -0.1) is 0 Å². The van der Waals surface area contributed by atoms with E-state index in [1.165, 1.54) is 6.08 Å². The van der Waals surface area contributed by atoms with Gasteiger partial charge in [0.25, 0.3) is 0 Å². The Morgan fingerprint density at radius 1 is 1.40 bits per heavy atom. The van der Waals surface area contributed by atoms with Crippen LogP contribution in [-0.2, 0) is 9.59 Å². The van der Waals surface area contributed by atoms with Gasteiger partial charge in [0.1, 0.15) is 0 Å². The number of rotatable bonds is 5. The Labute approximate surface area is 87.3 Å². The average Bonchev–Trinajstić information content (AvgIpc) is 2.25. The Morgan fingerprint density at radius 2 is 2.20 bits per heavy atom. The normalized spacial score (nSPS) is 10.4. The minimum Gasteiger partial charge on any atom is -0.481 e. The van der Waals surface area contributed by atoms with Crippen LogP contribution in [0.3, 0.4) is 0 Å². The second-order valence-electron chi connectivity index (χ2n) is 2.98. The number of hydrogen-bond acceptors (Lipinski definition) is 3. The van der Waals surface area contributed by atoms with Crippen LogP contribution in [-0.4, -0.2) is 21.8 Å². The maximum atomic E-state index is 11.2. The highest BCUT2D eigenvalue weighted by Gasteiger charge is 2.01. The summed E-state index contributed by atoms with van der Waals surface area (Å²) in [5, 5.41) is 8.36. The first kappa shape index (κ1) is 11.1. The van der Waals surface area contributed by atoms with E-state index < -0.39 is 5.97 Å². The van der Waals surface area contributed by atoms with Crippen molar-refractivity contribution in [3.05, 3.63) is 36.2 Å². The van der Waals surface area contributed by atoms with Crippen LogP contribution in [0.15, 0.2) is 30.6 Å². The first-order chi connectivity index (χ1) is 7.18. The Hall–Kier alpha value is -1.97. The van der Waals surface area contributed by atoms with Gasteiger partial charge in [-0.2, -0.15) is 0 Å². The summed E-state index contributed by atoms with van der Waals surface area (Å²) in [5.74, 6) is -1.15. The van der Waals surface area contributed by atoms with Crippen LogP contribution in [0.1, 0.15) is 18.4 Å². The average molecular weight is 205 g/mol. The first-order valence-electron chi connectivity index (χ1n) is 4.51. The Kier molecular flexibility index (Phi) is 4.22. The van der Waals surface area contributed by atoms with Crippen molar-refractivity contribution >= 4 is 17.8 Å². The van der Waals surface area contributed by atoms with E-state index >= 15 is 0 Å². The van der Waals surface area contributed by atoms with Gasteiger partial charge >= 0.3 is 5.97 Å². The van der Waals surface area contributed by atoms with Gasteiger partial charge in [-0.05, 0) is 23.8 Å². The van der Waals surface area contributed by atoms with Gasteiger partial charge in [-0.1, -0.05) is 6.07 Å². The quantitative estimate of drug-likeness (QED) is 0.740. The molecule has 78 valence electrons. The second kappa shape index (κ2) is 5.70. The van der Waals surface area contributed by atoms with Gasteiger partial charge in [0, 0.05) is 18.8 Å². The lowest BCUT2D eigenvalue weighted by molar-refractivity contribution is -0.138. The van der Waals surface area contributed by atoms with Crippen molar-refractivity contribution in [2.75, 3.05) is 0 Å². The number of carboxylic acid groups (broad SMARTS) is 1. The molecule has 0 fully saturated rings. The molecule has 0 bridgehead atoms. The second-order valence-corrected chi connectivity index (χ2v) is 2.98. The van der Waals surface area contributed by atoms with Crippen LogP contribution < -0.4 is 0 Å². The van der Waals surface area contributed by atoms with Crippen molar-refractivity contribution in [3.8, 4) is 0 Å². The van der Waals surface area contributed by atoms with Crippen molar-refractivity contribution in [2.45, 2.75) is 12.8 Å². The Morgan fingerprint density at radius 3 is 2.80 bits per heavy atom. The van der Waals surface area contributed by atoms with E-state index in [0.717, 1.165) is 5.56 Å². The summed E-state index contributed by atoms with van der Waals surface area (Å²) in [6.07, 6.45) is 6.17. The monoisotopic (exact) mass is 205 g/mol. The molecule has 0 saturated heterocycles. The number of pyridine rings is 1. The third-order valence-electron chi connectivity index (χ3n) is 1.73. The largest absolute Gasteiger partial charge is 0.481 e. The molecule has 1 N–H and O–H groups in total. The smallest absolute Gasteiger partial charge is 0.303 e. The van der Waals surface area contributed by atoms with E-state index in [1.54, 1.807) is 24.5 Å². The fraction of sp³-hybridized carbons (Fsp3) is 0.182. The minimum absolute atomic E-state index is 0.0338. The molecule has 0 saturated carbocycles. The molecule has 1 aromatic heterocycles. The maximum Gasteiger partial charge on any atom is 0.303 e. The molecule has 0 radical (unpaired) electrons. The van der Waals surface area contributed by atoms with Crippen molar-refractivity contribution in [3.63, 3.8) is 0 Å². The summed E-state index contributed by atoms with van der Waals surface area (Å²) in [7, 11) is 0. The van der Waals surface area contributed by atoms with Crippen molar-refractivity contribution in [1.82, 2.24) is 4.98 Å². The molecule has 15 heavy (non-hydrogen) atoms. The predicted molar refractivity (Wildman–Crippen MR) is 55.1 cm³/mol. The third kappa shape index (κ3) is 4.71. The number of ketones is 1. The molecule has 4 nitrogen and oxygen atoms in total. The molecule has 0 unspecified atom stereocenters. The van der Waals surface area contributed by atoms with Crippen LogP contribution >= 0.6 is 0 Å². The molecule has 1 aromatic rings. The van der Waals surface area contributed by atoms with Gasteiger partial charge in [0.2, 0.25) is 0 Å². The number of carbonyl (C=O) groups is 2. The highest BCUT2D eigenvalue weighted by atomic mass is 16.4. The van der Waals surface area contributed by atoms with E-state index in [4.69, 9.17) is 5.11 Å². The zero-order valence-corrected chi connectivity index (χ0v) is 8.09. The van der Waals surface area contributed by atoms with Crippen molar-refractivity contribution in [2.24, 2.45) is 0 Å². The molecular weight excluding hydrogens is 194 g/mol. The number of carbonyl (C=O) groups excluding carboxylic acids is 1. The molecule has 1 rings (SSSR count). The maximum absolute atomic E-state index is 11.2. The van der Waals surface area contributed by atoms with Crippen LogP contribution in [0.2, 0.25) is 0 Å². The molecule has 0 amide bonds. The van der Waals surface area contributed by atoms with Crippen LogP contribution in [0, 0.1) is 0 Å². The van der Waals surface area contributed by atoms with Crippen LogP contribution in [0.4, 0.5) is 0 Å². The van der Waals surface area contributed by atoms with Crippen LogP contribution in [0.25, 0.3) is 6.08 Å². The lowest BCUT2D eigenvalue weighted by atomic mass is 10.2. The lowest BCUT2D eigenvalue weighted by Crippen LogP contribution is -1.99. The fourth-order valence-electron chi connectivity index (χ4n) is 0.977. The van der Waals surface area contributed by atoms with Crippen molar-refractivity contribution in [1.29, 1.82) is 0 Å². The summed E-state index contributed by atoms with van der Waals surface area (Å²) >= 11 is 0.